The van der Waals surface area contributed by atoms with Crippen LogP contribution in [0.3, 0.4) is 0 Å². The van der Waals surface area contributed by atoms with Gasteiger partial charge in [-0.2, -0.15) is 0 Å². The standard InChI is InChI=1S/C17H16N2OS/c1-12-19-17(11-21-12)14-3-2-4-15(9-14)18-10-13-5-7-16(20)8-6-13/h2-9,11,18,20H,10H2,1H3. The summed E-state index contributed by atoms with van der Waals surface area (Å²) >= 11 is 1.66. The number of rotatable bonds is 4. The number of hydrogen-bond acceptors (Lipinski definition) is 4. The minimum atomic E-state index is 0.291. The van der Waals surface area contributed by atoms with Crippen LogP contribution >= 0.6 is 11.3 Å². The third kappa shape index (κ3) is 3.41. The smallest absolute Gasteiger partial charge is 0.115 e. The molecule has 0 unspecified atom stereocenters. The van der Waals surface area contributed by atoms with Gasteiger partial charge in [0, 0.05) is 23.2 Å². The van der Waals surface area contributed by atoms with Gasteiger partial charge in [-0.1, -0.05) is 24.3 Å². The SMILES string of the molecule is Cc1nc(-c2cccc(NCc3ccc(O)cc3)c2)cs1. The molecule has 0 saturated heterocycles. The Labute approximate surface area is 127 Å². The fourth-order valence-corrected chi connectivity index (χ4v) is 2.72. The average Bonchev–Trinajstić information content (AvgIpc) is 2.94. The first-order valence-electron chi connectivity index (χ1n) is 6.75. The van der Waals surface area contributed by atoms with Gasteiger partial charge in [-0.15, -0.1) is 11.3 Å². The lowest BCUT2D eigenvalue weighted by Gasteiger charge is -2.08. The molecule has 0 aliphatic heterocycles. The zero-order chi connectivity index (χ0) is 14.7. The maximum absolute atomic E-state index is 9.28. The molecule has 1 heterocycles. The average molecular weight is 296 g/mol. The van der Waals surface area contributed by atoms with E-state index >= 15 is 0 Å². The summed E-state index contributed by atoms with van der Waals surface area (Å²) in [5.74, 6) is 0.291. The van der Waals surface area contributed by atoms with Crippen molar-refractivity contribution >= 4 is 17.0 Å². The molecule has 0 atom stereocenters. The molecule has 0 radical (unpaired) electrons. The van der Waals surface area contributed by atoms with Gasteiger partial charge in [-0.25, -0.2) is 4.98 Å². The topological polar surface area (TPSA) is 45.2 Å². The molecule has 3 rings (SSSR count). The molecule has 21 heavy (non-hydrogen) atoms. The quantitative estimate of drug-likeness (QED) is 0.748. The van der Waals surface area contributed by atoms with Crippen LogP contribution in [0.15, 0.2) is 53.9 Å². The summed E-state index contributed by atoms with van der Waals surface area (Å²) in [4.78, 5) is 4.51. The molecule has 0 aliphatic rings. The van der Waals surface area contributed by atoms with Crippen molar-refractivity contribution in [2.24, 2.45) is 0 Å². The fourth-order valence-electron chi connectivity index (χ4n) is 2.10. The second kappa shape index (κ2) is 5.97. The lowest BCUT2D eigenvalue weighted by molar-refractivity contribution is 0.475. The van der Waals surface area contributed by atoms with Crippen LogP contribution in [-0.4, -0.2) is 10.1 Å². The number of thiazole rings is 1. The lowest BCUT2D eigenvalue weighted by Crippen LogP contribution is -1.99. The molecule has 3 aromatic rings. The molecule has 3 nitrogen and oxygen atoms in total. The summed E-state index contributed by atoms with van der Waals surface area (Å²) < 4.78 is 0. The Morgan fingerprint density at radius 2 is 1.95 bits per heavy atom. The highest BCUT2D eigenvalue weighted by Crippen LogP contribution is 2.24. The van der Waals surface area contributed by atoms with Gasteiger partial charge < -0.3 is 10.4 Å². The number of nitrogens with zero attached hydrogens (tertiary/aromatic N) is 1. The highest BCUT2D eigenvalue weighted by Gasteiger charge is 2.03. The molecule has 2 aromatic carbocycles. The van der Waals surface area contributed by atoms with Crippen LogP contribution in [0.4, 0.5) is 5.69 Å². The van der Waals surface area contributed by atoms with Gasteiger partial charge in [0.15, 0.2) is 0 Å². The van der Waals surface area contributed by atoms with Gasteiger partial charge in [0.1, 0.15) is 5.75 Å². The Kier molecular flexibility index (Phi) is 3.88. The Morgan fingerprint density at radius 1 is 1.14 bits per heavy atom. The zero-order valence-electron chi connectivity index (χ0n) is 11.7. The van der Waals surface area contributed by atoms with Crippen LogP contribution in [0, 0.1) is 6.92 Å². The third-order valence-electron chi connectivity index (χ3n) is 3.21. The molecule has 2 N–H and O–H groups in total. The van der Waals surface area contributed by atoms with E-state index in [2.05, 4.69) is 27.8 Å². The van der Waals surface area contributed by atoms with Crippen LogP contribution in [0.2, 0.25) is 0 Å². The number of phenols is 1. The number of aromatic nitrogens is 1. The molecule has 4 heteroatoms. The minimum absolute atomic E-state index is 0.291. The van der Waals surface area contributed by atoms with E-state index in [0.29, 0.717) is 5.75 Å². The van der Waals surface area contributed by atoms with Crippen LogP contribution < -0.4 is 5.32 Å². The van der Waals surface area contributed by atoms with Crippen molar-refractivity contribution < 1.29 is 5.11 Å². The zero-order valence-corrected chi connectivity index (χ0v) is 12.5. The van der Waals surface area contributed by atoms with Crippen LogP contribution in [0.1, 0.15) is 10.6 Å². The predicted octanol–water partition coefficient (Wildman–Crippen LogP) is 4.44. The first-order chi connectivity index (χ1) is 10.2. The lowest BCUT2D eigenvalue weighted by atomic mass is 10.1. The normalized spacial score (nSPS) is 10.5. The summed E-state index contributed by atoms with van der Waals surface area (Å²) in [7, 11) is 0. The van der Waals surface area contributed by atoms with E-state index in [1.807, 2.05) is 31.2 Å². The van der Waals surface area contributed by atoms with Crippen molar-refractivity contribution in [2.45, 2.75) is 13.5 Å². The number of aryl methyl sites for hydroxylation is 1. The van der Waals surface area contributed by atoms with Crippen molar-refractivity contribution in [3.63, 3.8) is 0 Å². The van der Waals surface area contributed by atoms with E-state index in [1.165, 1.54) is 0 Å². The Hall–Kier alpha value is -2.33. The molecule has 1 aromatic heterocycles. The second-order valence-corrected chi connectivity index (χ2v) is 5.91. The van der Waals surface area contributed by atoms with Crippen molar-refractivity contribution in [2.75, 3.05) is 5.32 Å². The summed E-state index contributed by atoms with van der Waals surface area (Å²) in [5, 5.41) is 15.8. The van der Waals surface area contributed by atoms with Gasteiger partial charge in [0.2, 0.25) is 0 Å². The molecular weight excluding hydrogens is 280 g/mol. The van der Waals surface area contributed by atoms with E-state index in [1.54, 1.807) is 23.5 Å². The molecule has 0 saturated carbocycles. The van der Waals surface area contributed by atoms with Gasteiger partial charge in [-0.05, 0) is 36.8 Å². The van der Waals surface area contributed by atoms with Crippen molar-refractivity contribution in [3.05, 3.63) is 64.5 Å². The Bertz CT molecular complexity index is 735. The van der Waals surface area contributed by atoms with Crippen LogP contribution in [0.25, 0.3) is 11.3 Å². The third-order valence-corrected chi connectivity index (χ3v) is 3.98. The van der Waals surface area contributed by atoms with Crippen molar-refractivity contribution in [3.8, 4) is 17.0 Å². The highest BCUT2D eigenvalue weighted by atomic mass is 32.1. The van der Waals surface area contributed by atoms with E-state index in [-0.39, 0.29) is 0 Å². The molecule has 0 spiro atoms. The van der Waals surface area contributed by atoms with Gasteiger partial charge in [0.05, 0.1) is 10.7 Å². The molecule has 0 amide bonds. The first-order valence-corrected chi connectivity index (χ1v) is 7.63. The maximum Gasteiger partial charge on any atom is 0.115 e. The number of aromatic hydroxyl groups is 1. The van der Waals surface area contributed by atoms with Crippen LogP contribution in [0.5, 0.6) is 5.75 Å². The molecule has 0 aliphatic carbocycles. The molecule has 0 fully saturated rings. The van der Waals surface area contributed by atoms with Crippen molar-refractivity contribution in [1.29, 1.82) is 0 Å². The predicted molar refractivity (Wildman–Crippen MR) is 87.7 cm³/mol. The summed E-state index contributed by atoms with van der Waals surface area (Å²) in [6, 6.07) is 15.5. The van der Waals surface area contributed by atoms with Crippen molar-refractivity contribution in [1.82, 2.24) is 4.98 Å². The first kappa shape index (κ1) is 13.6. The number of benzene rings is 2. The second-order valence-electron chi connectivity index (χ2n) is 4.85. The van der Waals surface area contributed by atoms with Gasteiger partial charge in [0.25, 0.3) is 0 Å². The number of phenolic OH excluding ortho intramolecular Hbond substituents is 1. The molecule has 0 bridgehead atoms. The number of hydrogen-bond donors (Lipinski definition) is 2. The molecule has 106 valence electrons. The van der Waals surface area contributed by atoms with E-state index in [4.69, 9.17) is 0 Å². The van der Waals surface area contributed by atoms with Crippen LogP contribution in [-0.2, 0) is 6.54 Å². The monoisotopic (exact) mass is 296 g/mol. The molecular formula is C17H16N2OS. The number of anilines is 1. The van der Waals surface area contributed by atoms with Gasteiger partial charge >= 0.3 is 0 Å². The fraction of sp³-hybridized carbons (Fsp3) is 0.118. The number of nitrogens with one attached hydrogen (secondary N) is 1. The largest absolute Gasteiger partial charge is 0.508 e. The Balaban J connectivity index is 1.73. The highest BCUT2D eigenvalue weighted by molar-refractivity contribution is 7.09. The van der Waals surface area contributed by atoms with E-state index < -0.39 is 0 Å². The Morgan fingerprint density at radius 3 is 2.67 bits per heavy atom. The minimum Gasteiger partial charge on any atom is -0.508 e. The summed E-state index contributed by atoms with van der Waals surface area (Å²) in [5.41, 5.74) is 4.33. The maximum atomic E-state index is 9.28. The summed E-state index contributed by atoms with van der Waals surface area (Å²) in [6.45, 7) is 2.74. The summed E-state index contributed by atoms with van der Waals surface area (Å²) in [6.07, 6.45) is 0. The van der Waals surface area contributed by atoms with E-state index in [0.717, 1.165) is 34.1 Å². The van der Waals surface area contributed by atoms with Gasteiger partial charge in [-0.3, -0.25) is 0 Å². The van der Waals surface area contributed by atoms with E-state index in [9.17, 15) is 5.11 Å².